The van der Waals surface area contributed by atoms with E-state index in [1.807, 2.05) is 33.7 Å². The highest BCUT2D eigenvalue weighted by Crippen LogP contribution is 2.36. The third-order valence-corrected chi connectivity index (χ3v) is 6.04. The molecule has 144 valence electrons. The van der Waals surface area contributed by atoms with Crippen LogP contribution in [0.5, 0.6) is 0 Å². The van der Waals surface area contributed by atoms with E-state index in [1.165, 1.54) is 6.42 Å². The molecule has 1 atom stereocenters. The second kappa shape index (κ2) is 6.98. The Hall–Kier alpha value is -2.80. The molecule has 28 heavy (non-hydrogen) atoms. The molecule has 0 bridgehead atoms. The minimum atomic E-state index is 0.0691. The predicted molar refractivity (Wildman–Crippen MR) is 106 cm³/mol. The summed E-state index contributed by atoms with van der Waals surface area (Å²) in [6.07, 6.45) is 8.67. The number of pyridine rings is 2. The Morgan fingerprint density at radius 3 is 3.00 bits per heavy atom. The van der Waals surface area contributed by atoms with Crippen molar-refractivity contribution in [2.24, 2.45) is 5.41 Å². The van der Waals surface area contributed by atoms with Crippen molar-refractivity contribution in [3.63, 3.8) is 0 Å². The van der Waals surface area contributed by atoms with Crippen LogP contribution in [0, 0.1) is 5.41 Å². The maximum absolute atomic E-state index is 13.1. The standard InChI is InChI=1S/C21H24N6O/c28-20(26-9-3-5-21(14-26)6-8-22-13-21)16-10-18-19(24-11-16)27(15-25-18)12-17-4-1-2-7-23-17/h1-2,4,7,10-11,15,22H,3,5-6,8-9,12-14H2. The van der Waals surface area contributed by atoms with Crippen molar-refractivity contribution < 1.29 is 4.79 Å². The molecule has 1 spiro atoms. The van der Waals surface area contributed by atoms with E-state index < -0.39 is 0 Å². The van der Waals surface area contributed by atoms with Crippen LogP contribution in [0.15, 0.2) is 43.0 Å². The molecule has 7 heteroatoms. The number of amides is 1. The molecule has 2 saturated heterocycles. The van der Waals surface area contributed by atoms with Crippen LogP contribution < -0.4 is 5.32 Å². The van der Waals surface area contributed by atoms with E-state index in [1.54, 1.807) is 18.7 Å². The highest BCUT2D eigenvalue weighted by atomic mass is 16.2. The van der Waals surface area contributed by atoms with E-state index in [9.17, 15) is 4.79 Å². The summed E-state index contributed by atoms with van der Waals surface area (Å²) in [7, 11) is 0. The number of hydrogen-bond acceptors (Lipinski definition) is 5. The molecular weight excluding hydrogens is 352 g/mol. The second-order valence-electron chi connectivity index (χ2n) is 8.02. The van der Waals surface area contributed by atoms with Crippen molar-refractivity contribution in [2.75, 3.05) is 26.2 Å². The highest BCUT2D eigenvalue weighted by molar-refractivity contribution is 5.96. The zero-order chi connectivity index (χ0) is 19.0. The SMILES string of the molecule is O=C(c1cnc2c(c1)ncn2Cc1ccccn1)N1CCCC2(CCNC2)C1. The Morgan fingerprint density at radius 2 is 2.18 bits per heavy atom. The number of carbonyl (C=O) groups excluding carboxylic acids is 1. The van der Waals surface area contributed by atoms with Crippen LogP contribution in [0.1, 0.15) is 35.3 Å². The van der Waals surface area contributed by atoms with Crippen molar-refractivity contribution in [1.82, 2.24) is 29.7 Å². The van der Waals surface area contributed by atoms with E-state index in [-0.39, 0.29) is 11.3 Å². The van der Waals surface area contributed by atoms with Gasteiger partial charge in [-0.15, -0.1) is 0 Å². The molecule has 2 fully saturated rings. The molecule has 2 aliphatic rings. The normalized spacial score (nSPS) is 22.2. The van der Waals surface area contributed by atoms with Gasteiger partial charge in [0.25, 0.3) is 5.91 Å². The molecule has 0 aliphatic carbocycles. The van der Waals surface area contributed by atoms with Crippen LogP contribution in [0.25, 0.3) is 11.2 Å². The summed E-state index contributed by atoms with van der Waals surface area (Å²) in [5, 5.41) is 3.46. The van der Waals surface area contributed by atoms with Gasteiger partial charge in [0.1, 0.15) is 5.52 Å². The fourth-order valence-electron chi connectivity index (χ4n) is 4.56. The summed E-state index contributed by atoms with van der Waals surface area (Å²) in [5.74, 6) is 0.0691. The minimum absolute atomic E-state index is 0.0691. The van der Waals surface area contributed by atoms with Gasteiger partial charge >= 0.3 is 0 Å². The zero-order valence-electron chi connectivity index (χ0n) is 15.8. The molecule has 7 nitrogen and oxygen atoms in total. The first-order valence-corrected chi connectivity index (χ1v) is 9.93. The summed E-state index contributed by atoms with van der Waals surface area (Å²) in [5.41, 5.74) is 3.36. The van der Waals surface area contributed by atoms with Crippen molar-refractivity contribution in [3.8, 4) is 0 Å². The van der Waals surface area contributed by atoms with E-state index >= 15 is 0 Å². The van der Waals surface area contributed by atoms with Crippen molar-refractivity contribution in [1.29, 1.82) is 0 Å². The van der Waals surface area contributed by atoms with Crippen LogP contribution in [0.4, 0.5) is 0 Å². The molecule has 5 rings (SSSR count). The lowest BCUT2D eigenvalue weighted by Gasteiger charge is -2.40. The number of aromatic nitrogens is 4. The number of nitrogens with one attached hydrogen (secondary N) is 1. The Morgan fingerprint density at radius 1 is 1.21 bits per heavy atom. The summed E-state index contributed by atoms with van der Waals surface area (Å²) in [4.78, 5) is 28.5. The first-order chi connectivity index (χ1) is 13.7. The van der Waals surface area contributed by atoms with Gasteiger partial charge in [-0.05, 0) is 44.0 Å². The molecular formula is C21H24N6O. The van der Waals surface area contributed by atoms with Gasteiger partial charge in [-0.1, -0.05) is 6.07 Å². The van der Waals surface area contributed by atoms with Crippen molar-refractivity contribution in [3.05, 3.63) is 54.2 Å². The van der Waals surface area contributed by atoms with Crippen LogP contribution >= 0.6 is 0 Å². The lowest BCUT2D eigenvalue weighted by atomic mass is 9.79. The summed E-state index contributed by atoms with van der Waals surface area (Å²) in [6, 6.07) is 7.72. The second-order valence-corrected chi connectivity index (χ2v) is 8.02. The number of likely N-dealkylation sites (tertiary alicyclic amines) is 1. The predicted octanol–water partition coefficient (Wildman–Crippen LogP) is 2.09. The molecule has 2 aliphatic heterocycles. The van der Waals surface area contributed by atoms with E-state index in [0.717, 1.165) is 55.9 Å². The van der Waals surface area contributed by atoms with Crippen LogP contribution in [-0.4, -0.2) is 56.5 Å². The van der Waals surface area contributed by atoms with Crippen LogP contribution in [0.3, 0.4) is 0 Å². The Balaban J connectivity index is 1.37. The van der Waals surface area contributed by atoms with Gasteiger partial charge in [0.05, 0.1) is 24.1 Å². The fraction of sp³-hybridized carbons (Fsp3) is 0.429. The Bertz CT molecular complexity index is 993. The van der Waals surface area contributed by atoms with Gasteiger partial charge in [-0.2, -0.15) is 0 Å². The van der Waals surface area contributed by atoms with Crippen LogP contribution in [0.2, 0.25) is 0 Å². The lowest BCUT2D eigenvalue weighted by molar-refractivity contribution is 0.0553. The summed E-state index contributed by atoms with van der Waals surface area (Å²) in [6.45, 7) is 4.35. The van der Waals surface area contributed by atoms with Gasteiger partial charge in [-0.3, -0.25) is 9.78 Å². The molecule has 3 aromatic heterocycles. The molecule has 1 N–H and O–H groups in total. The third kappa shape index (κ3) is 3.16. The van der Waals surface area contributed by atoms with Gasteiger partial charge in [-0.25, -0.2) is 9.97 Å². The number of rotatable bonds is 3. The lowest BCUT2D eigenvalue weighted by Crippen LogP contribution is -2.47. The van der Waals surface area contributed by atoms with Crippen molar-refractivity contribution >= 4 is 17.1 Å². The summed E-state index contributed by atoms with van der Waals surface area (Å²) >= 11 is 0. The van der Waals surface area contributed by atoms with Crippen molar-refractivity contribution in [2.45, 2.75) is 25.8 Å². The Kier molecular flexibility index (Phi) is 4.31. The molecule has 1 unspecified atom stereocenters. The maximum Gasteiger partial charge on any atom is 0.255 e. The fourth-order valence-corrected chi connectivity index (χ4v) is 4.56. The topological polar surface area (TPSA) is 75.9 Å². The van der Waals surface area contributed by atoms with Gasteiger partial charge in [0.2, 0.25) is 0 Å². The largest absolute Gasteiger partial charge is 0.338 e. The number of hydrogen-bond donors (Lipinski definition) is 1. The first kappa shape index (κ1) is 17.3. The average Bonchev–Trinajstić information content (AvgIpc) is 3.35. The summed E-state index contributed by atoms with van der Waals surface area (Å²) < 4.78 is 1.96. The van der Waals surface area contributed by atoms with E-state index in [2.05, 4.69) is 20.3 Å². The molecule has 1 amide bonds. The average molecular weight is 376 g/mol. The first-order valence-electron chi connectivity index (χ1n) is 9.93. The minimum Gasteiger partial charge on any atom is -0.338 e. The molecule has 3 aromatic rings. The maximum atomic E-state index is 13.1. The van der Waals surface area contributed by atoms with E-state index in [4.69, 9.17) is 0 Å². The number of piperidine rings is 1. The molecule has 5 heterocycles. The highest BCUT2D eigenvalue weighted by Gasteiger charge is 2.39. The monoisotopic (exact) mass is 376 g/mol. The smallest absolute Gasteiger partial charge is 0.255 e. The third-order valence-electron chi connectivity index (χ3n) is 6.04. The van der Waals surface area contributed by atoms with E-state index in [0.29, 0.717) is 12.1 Å². The van der Waals surface area contributed by atoms with Gasteiger partial charge in [0.15, 0.2) is 5.65 Å². The quantitative estimate of drug-likeness (QED) is 0.758. The molecule has 0 aromatic carbocycles. The molecule has 0 radical (unpaired) electrons. The number of fused-ring (bicyclic) bond motifs is 1. The number of nitrogens with zero attached hydrogens (tertiary/aromatic N) is 5. The zero-order valence-corrected chi connectivity index (χ0v) is 15.8. The van der Waals surface area contributed by atoms with Gasteiger partial charge in [0, 0.05) is 37.4 Å². The Labute approximate surface area is 163 Å². The van der Waals surface area contributed by atoms with Gasteiger partial charge < -0.3 is 14.8 Å². The number of imidazole rings is 1. The molecule has 0 saturated carbocycles. The van der Waals surface area contributed by atoms with Crippen LogP contribution in [-0.2, 0) is 6.54 Å². The number of carbonyl (C=O) groups is 1.